The van der Waals surface area contributed by atoms with Gasteiger partial charge in [-0.25, -0.2) is 0 Å². The van der Waals surface area contributed by atoms with Gasteiger partial charge < -0.3 is 15.0 Å². The predicted molar refractivity (Wildman–Crippen MR) is 85.7 cm³/mol. The van der Waals surface area contributed by atoms with E-state index in [0.29, 0.717) is 6.04 Å². The maximum absolute atomic E-state index is 5.59. The first-order valence-corrected chi connectivity index (χ1v) is 7.76. The van der Waals surface area contributed by atoms with Crippen molar-refractivity contribution in [1.29, 1.82) is 0 Å². The van der Waals surface area contributed by atoms with Gasteiger partial charge in [0.15, 0.2) is 0 Å². The number of hydrogen-bond acceptors (Lipinski definition) is 3. The van der Waals surface area contributed by atoms with Crippen LogP contribution >= 0.6 is 0 Å². The minimum Gasteiger partial charge on any atom is -0.496 e. The van der Waals surface area contributed by atoms with Crippen LogP contribution in [0.15, 0.2) is 18.2 Å². The molecule has 3 heteroatoms. The van der Waals surface area contributed by atoms with Crippen LogP contribution < -0.4 is 15.0 Å². The van der Waals surface area contributed by atoms with Gasteiger partial charge in [0.2, 0.25) is 0 Å². The first kappa shape index (κ1) is 15.2. The monoisotopic (exact) mass is 276 g/mol. The van der Waals surface area contributed by atoms with Crippen LogP contribution in [0.4, 0.5) is 5.69 Å². The van der Waals surface area contributed by atoms with E-state index in [9.17, 15) is 0 Å². The lowest BCUT2D eigenvalue weighted by Crippen LogP contribution is -2.27. The van der Waals surface area contributed by atoms with Crippen molar-refractivity contribution in [2.24, 2.45) is 5.92 Å². The van der Waals surface area contributed by atoms with Gasteiger partial charge in [0, 0.05) is 30.4 Å². The maximum atomic E-state index is 5.59. The van der Waals surface area contributed by atoms with Gasteiger partial charge in [-0.15, -0.1) is 0 Å². The molecule has 0 aliphatic carbocycles. The second-order valence-corrected chi connectivity index (χ2v) is 5.93. The zero-order valence-electron chi connectivity index (χ0n) is 13.3. The van der Waals surface area contributed by atoms with Crippen molar-refractivity contribution >= 4 is 5.69 Å². The van der Waals surface area contributed by atoms with Gasteiger partial charge in [0.25, 0.3) is 0 Å². The summed E-state index contributed by atoms with van der Waals surface area (Å²) in [5.41, 5.74) is 2.62. The fourth-order valence-electron chi connectivity index (χ4n) is 3.07. The number of nitrogens with one attached hydrogen (secondary N) is 1. The first-order valence-electron chi connectivity index (χ1n) is 7.76. The predicted octanol–water partition coefficient (Wildman–Crippen LogP) is 3.60. The highest BCUT2D eigenvalue weighted by Crippen LogP contribution is 2.35. The van der Waals surface area contributed by atoms with Crippen LogP contribution in [0.1, 0.15) is 44.7 Å². The number of methoxy groups -OCH3 is 1. The lowest BCUT2D eigenvalue weighted by atomic mass is 10.0. The lowest BCUT2D eigenvalue weighted by Gasteiger charge is -2.29. The van der Waals surface area contributed by atoms with Crippen molar-refractivity contribution in [2.45, 2.75) is 39.2 Å². The molecular weight excluding hydrogens is 248 g/mol. The van der Waals surface area contributed by atoms with Crippen LogP contribution in [0, 0.1) is 5.92 Å². The molecule has 1 fully saturated rings. The van der Waals surface area contributed by atoms with Crippen molar-refractivity contribution < 1.29 is 4.74 Å². The van der Waals surface area contributed by atoms with Crippen LogP contribution in [-0.4, -0.2) is 27.2 Å². The molecule has 0 spiro atoms. The third-order valence-corrected chi connectivity index (χ3v) is 4.49. The van der Waals surface area contributed by atoms with E-state index < -0.39 is 0 Å². The molecule has 112 valence electrons. The molecule has 1 aliphatic rings. The Labute approximate surface area is 123 Å². The Balaban J connectivity index is 2.34. The third kappa shape index (κ3) is 3.26. The minimum atomic E-state index is 0.293. The van der Waals surface area contributed by atoms with E-state index in [2.05, 4.69) is 42.3 Å². The van der Waals surface area contributed by atoms with E-state index in [1.165, 1.54) is 30.5 Å². The van der Waals surface area contributed by atoms with Gasteiger partial charge in [-0.1, -0.05) is 13.0 Å². The number of hydrogen-bond donors (Lipinski definition) is 1. The van der Waals surface area contributed by atoms with Crippen LogP contribution in [0.5, 0.6) is 5.75 Å². The second-order valence-electron chi connectivity index (χ2n) is 5.93. The zero-order chi connectivity index (χ0) is 14.5. The Bertz CT molecular complexity index is 433. The van der Waals surface area contributed by atoms with E-state index >= 15 is 0 Å². The normalized spacial score (nSPS) is 21.4. The first-order chi connectivity index (χ1) is 9.67. The molecule has 0 radical (unpaired) electrons. The lowest BCUT2D eigenvalue weighted by molar-refractivity contribution is 0.403. The van der Waals surface area contributed by atoms with E-state index in [1.54, 1.807) is 7.11 Å². The molecular formula is C17H28N2O. The van der Waals surface area contributed by atoms with Crippen molar-refractivity contribution in [3.8, 4) is 5.75 Å². The summed E-state index contributed by atoms with van der Waals surface area (Å²) in [6.07, 6.45) is 3.91. The van der Waals surface area contributed by atoms with E-state index in [0.717, 1.165) is 24.8 Å². The molecule has 1 saturated heterocycles. The molecule has 1 aliphatic heterocycles. The molecule has 1 aromatic rings. The SMILES string of the molecule is CNC(C)c1c(OC)cccc1N1CCCC(C)CC1. The molecule has 2 unspecified atom stereocenters. The van der Waals surface area contributed by atoms with Gasteiger partial charge in [0.1, 0.15) is 5.75 Å². The van der Waals surface area contributed by atoms with Gasteiger partial charge in [-0.2, -0.15) is 0 Å². The number of benzene rings is 1. The number of nitrogens with zero attached hydrogens (tertiary/aromatic N) is 1. The fourth-order valence-corrected chi connectivity index (χ4v) is 3.07. The highest BCUT2D eigenvalue weighted by molar-refractivity contribution is 5.61. The topological polar surface area (TPSA) is 24.5 Å². The Morgan fingerprint density at radius 3 is 2.80 bits per heavy atom. The summed E-state index contributed by atoms with van der Waals surface area (Å²) >= 11 is 0. The van der Waals surface area contributed by atoms with E-state index in [1.807, 2.05) is 7.05 Å². The molecule has 0 saturated carbocycles. The Morgan fingerprint density at radius 1 is 1.30 bits per heavy atom. The summed E-state index contributed by atoms with van der Waals surface area (Å²) in [4.78, 5) is 2.54. The van der Waals surface area contributed by atoms with Crippen molar-refractivity contribution in [1.82, 2.24) is 5.32 Å². The standard InChI is InChI=1S/C17H28N2O/c1-13-7-6-11-19(12-10-13)15-8-5-9-16(20-4)17(15)14(2)18-3/h5,8-9,13-14,18H,6-7,10-12H2,1-4H3. The second kappa shape index (κ2) is 6.98. The molecule has 3 nitrogen and oxygen atoms in total. The molecule has 1 aromatic carbocycles. The van der Waals surface area contributed by atoms with Gasteiger partial charge in [-0.3, -0.25) is 0 Å². The van der Waals surface area contributed by atoms with Crippen molar-refractivity contribution in [3.05, 3.63) is 23.8 Å². The van der Waals surface area contributed by atoms with Crippen LogP contribution in [-0.2, 0) is 0 Å². The summed E-state index contributed by atoms with van der Waals surface area (Å²) in [6.45, 7) is 6.87. The van der Waals surface area contributed by atoms with E-state index in [4.69, 9.17) is 4.74 Å². The average Bonchev–Trinajstić information content (AvgIpc) is 2.70. The highest BCUT2D eigenvalue weighted by atomic mass is 16.5. The minimum absolute atomic E-state index is 0.293. The summed E-state index contributed by atoms with van der Waals surface area (Å²) in [5, 5.41) is 3.35. The summed E-state index contributed by atoms with van der Waals surface area (Å²) < 4.78 is 5.59. The van der Waals surface area contributed by atoms with Gasteiger partial charge in [-0.05, 0) is 51.3 Å². The van der Waals surface area contributed by atoms with Crippen molar-refractivity contribution in [3.63, 3.8) is 0 Å². The molecule has 2 atom stereocenters. The van der Waals surface area contributed by atoms with Crippen LogP contribution in [0.25, 0.3) is 0 Å². The summed E-state index contributed by atoms with van der Waals surface area (Å²) in [5.74, 6) is 1.83. The van der Waals surface area contributed by atoms with Crippen LogP contribution in [0.2, 0.25) is 0 Å². The molecule has 0 amide bonds. The van der Waals surface area contributed by atoms with Crippen LogP contribution in [0.3, 0.4) is 0 Å². The Hall–Kier alpha value is -1.22. The van der Waals surface area contributed by atoms with Crippen molar-refractivity contribution in [2.75, 3.05) is 32.1 Å². The molecule has 1 heterocycles. The fraction of sp³-hybridized carbons (Fsp3) is 0.647. The average molecular weight is 276 g/mol. The Morgan fingerprint density at radius 2 is 2.10 bits per heavy atom. The van der Waals surface area contributed by atoms with E-state index in [-0.39, 0.29) is 0 Å². The summed E-state index contributed by atoms with van der Waals surface area (Å²) in [6, 6.07) is 6.70. The number of rotatable bonds is 4. The molecule has 0 aromatic heterocycles. The molecule has 0 bridgehead atoms. The third-order valence-electron chi connectivity index (χ3n) is 4.49. The quantitative estimate of drug-likeness (QED) is 0.909. The zero-order valence-corrected chi connectivity index (χ0v) is 13.3. The van der Waals surface area contributed by atoms with Gasteiger partial charge >= 0.3 is 0 Å². The largest absolute Gasteiger partial charge is 0.496 e. The smallest absolute Gasteiger partial charge is 0.125 e. The maximum Gasteiger partial charge on any atom is 0.125 e. The molecule has 1 N–H and O–H groups in total. The number of anilines is 1. The Kier molecular flexibility index (Phi) is 5.30. The number of ether oxygens (including phenoxy) is 1. The summed E-state index contributed by atoms with van der Waals surface area (Å²) in [7, 11) is 3.76. The van der Waals surface area contributed by atoms with Gasteiger partial charge in [0.05, 0.1) is 7.11 Å². The molecule has 20 heavy (non-hydrogen) atoms. The highest BCUT2D eigenvalue weighted by Gasteiger charge is 2.21. The molecule has 2 rings (SSSR count).